The second kappa shape index (κ2) is 7.18. The van der Waals surface area contributed by atoms with E-state index in [2.05, 4.69) is 35.6 Å². The quantitative estimate of drug-likeness (QED) is 0.316. The minimum atomic E-state index is -0.961. The molecule has 5 nitrogen and oxygen atoms in total. The Morgan fingerprint density at radius 1 is 0.676 bits per heavy atom. The maximum absolute atomic E-state index is 11.6. The molecule has 5 heteroatoms. The summed E-state index contributed by atoms with van der Waals surface area (Å²) in [5, 5.41) is 21.1. The van der Waals surface area contributed by atoms with Crippen molar-refractivity contribution in [2.75, 3.05) is 0 Å². The van der Waals surface area contributed by atoms with Crippen molar-refractivity contribution < 1.29 is 19.8 Å². The summed E-state index contributed by atoms with van der Waals surface area (Å²) in [6, 6.07) is 26.5. The predicted octanol–water partition coefficient (Wildman–Crippen LogP) is 6.72. The van der Waals surface area contributed by atoms with E-state index in [1.807, 2.05) is 24.3 Å². The first-order valence-electron chi connectivity index (χ1n) is 10.9. The second-order valence-electron chi connectivity index (χ2n) is 8.56. The highest BCUT2D eigenvalue weighted by atomic mass is 16.4. The fraction of sp³-hybridized carbons (Fsp3) is 0.0345. The fourth-order valence-corrected chi connectivity index (χ4v) is 4.92. The van der Waals surface area contributed by atoms with Crippen LogP contribution in [0.25, 0.3) is 49.6 Å². The summed E-state index contributed by atoms with van der Waals surface area (Å²) in [7, 11) is 0. The van der Waals surface area contributed by atoms with Gasteiger partial charge in [0.05, 0.1) is 27.7 Å². The van der Waals surface area contributed by atoms with Crippen molar-refractivity contribution >= 4 is 39.3 Å². The highest BCUT2D eigenvalue weighted by Crippen LogP contribution is 2.40. The van der Waals surface area contributed by atoms with E-state index in [4.69, 9.17) is 0 Å². The molecule has 3 aromatic carbocycles. The Balaban J connectivity index is 1.73. The molecule has 0 aliphatic rings. The summed E-state index contributed by atoms with van der Waals surface area (Å²) in [5.41, 5.74) is 8.19. The van der Waals surface area contributed by atoms with E-state index in [9.17, 15) is 19.8 Å². The van der Waals surface area contributed by atoms with Crippen LogP contribution < -0.4 is 0 Å². The zero-order chi connectivity index (χ0) is 23.6. The lowest BCUT2D eigenvalue weighted by Gasteiger charge is -2.17. The van der Waals surface area contributed by atoms with Crippen LogP contribution in [0, 0.1) is 6.92 Å². The summed E-state index contributed by atoms with van der Waals surface area (Å²) in [6.45, 7) is 2.07. The number of hydrogen-bond acceptors (Lipinski definition) is 2. The smallest absolute Gasteiger partial charge is 0.335 e. The molecule has 0 atom stereocenters. The Bertz CT molecular complexity index is 1760. The summed E-state index contributed by atoms with van der Waals surface area (Å²) in [4.78, 5) is 23.2. The Morgan fingerprint density at radius 2 is 1.24 bits per heavy atom. The van der Waals surface area contributed by atoms with Crippen LogP contribution in [0.5, 0.6) is 0 Å². The summed E-state index contributed by atoms with van der Waals surface area (Å²) in [5.74, 6) is -1.92. The Kier molecular flexibility index (Phi) is 4.23. The number of rotatable bonds is 4. The Hall–Kier alpha value is -4.64. The molecule has 0 aliphatic carbocycles. The van der Waals surface area contributed by atoms with Gasteiger partial charge in [-0.2, -0.15) is 0 Å². The summed E-state index contributed by atoms with van der Waals surface area (Å²) in [6.07, 6.45) is 0. The number of aromatic carboxylic acids is 2. The van der Waals surface area contributed by atoms with Gasteiger partial charge in [0.2, 0.25) is 0 Å². The number of carbonyl (C=O) groups is 2. The monoisotopic (exact) mass is 445 g/mol. The number of aryl methyl sites for hydroxylation is 1. The maximum Gasteiger partial charge on any atom is 0.335 e. The van der Waals surface area contributed by atoms with Gasteiger partial charge in [0.25, 0.3) is 0 Å². The normalized spacial score (nSPS) is 11.6. The number of carboxylic acid groups (broad SMARTS) is 2. The highest BCUT2D eigenvalue weighted by Gasteiger charge is 2.18. The van der Waals surface area contributed by atoms with Gasteiger partial charge in [0.15, 0.2) is 0 Å². The largest absolute Gasteiger partial charge is 0.478 e. The molecule has 0 fully saturated rings. The Morgan fingerprint density at radius 3 is 1.79 bits per heavy atom. The van der Waals surface area contributed by atoms with Crippen LogP contribution in [0.2, 0.25) is 0 Å². The molecule has 34 heavy (non-hydrogen) atoms. The van der Waals surface area contributed by atoms with Crippen molar-refractivity contribution in [1.29, 1.82) is 0 Å². The van der Waals surface area contributed by atoms with Crippen LogP contribution in [-0.4, -0.2) is 26.6 Å². The minimum Gasteiger partial charge on any atom is -0.478 e. The zero-order valence-corrected chi connectivity index (χ0v) is 18.2. The van der Waals surface area contributed by atoms with Gasteiger partial charge in [-0.3, -0.25) is 0 Å². The third-order valence-electron chi connectivity index (χ3n) is 6.55. The average molecular weight is 445 g/mol. The summed E-state index contributed by atoms with van der Waals surface area (Å²) < 4.78 is 2.21. The molecule has 3 aromatic heterocycles. The molecule has 0 bridgehead atoms. The van der Waals surface area contributed by atoms with Crippen molar-refractivity contribution in [3.8, 4) is 22.3 Å². The van der Waals surface area contributed by atoms with E-state index in [1.54, 1.807) is 36.4 Å². The van der Waals surface area contributed by atoms with E-state index in [0.717, 1.165) is 55.1 Å². The fourth-order valence-electron chi connectivity index (χ4n) is 4.92. The van der Waals surface area contributed by atoms with Crippen LogP contribution in [0.1, 0.15) is 26.3 Å². The highest BCUT2D eigenvalue weighted by molar-refractivity contribution is 6.09. The number of pyridine rings is 2. The third kappa shape index (κ3) is 2.87. The Labute approximate surface area is 194 Å². The predicted molar refractivity (Wildman–Crippen MR) is 133 cm³/mol. The van der Waals surface area contributed by atoms with Crippen LogP contribution in [0.4, 0.5) is 0 Å². The first-order valence-corrected chi connectivity index (χ1v) is 10.9. The molecule has 0 saturated heterocycles. The SMILES string of the molecule is Cc1ccc2cc(-c3cccc(C(=O)O)c3)c3ccc4c(-c5cccc(C(=O)O)c5)cc1c2n34. The third-order valence-corrected chi connectivity index (χ3v) is 6.55. The topological polar surface area (TPSA) is 79.0 Å². The lowest BCUT2D eigenvalue weighted by atomic mass is 9.96. The number of carboxylic acids is 2. The molecule has 0 unspecified atom stereocenters. The van der Waals surface area contributed by atoms with Gasteiger partial charge in [0.1, 0.15) is 0 Å². The van der Waals surface area contributed by atoms with E-state index in [-0.39, 0.29) is 11.1 Å². The van der Waals surface area contributed by atoms with Gasteiger partial charge in [-0.15, -0.1) is 0 Å². The lowest BCUT2D eigenvalue weighted by Crippen LogP contribution is -1.99. The molecule has 0 saturated carbocycles. The molecule has 0 radical (unpaired) electrons. The average Bonchev–Trinajstić information content (AvgIpc) is 3.29. The van der Waals surface area contributed by atoms with Crippen LogP contribution in [0.15, 0.2) is 84.9 Å². The van der Waals surface area contributed by atoms with E-state index < -0.39 is 11.9 Å². The number of benzene rings is 3. The molecule has 6 rings (SSSR count). The van der Waals surface area contributed by atoms with Crippen molar-refractivity contribution in [2.24, 2.45) is 0 Å². The molecule has 164 valence electrons. The molecular formula is C29H19NO4. The molecule has 3 heterocycles. The van der Waals surface area contributed by atoms with Gasteiger partial charge in [-0.1, -0.05) is 36.4 Å². The van der Waals surface area contributed by atoms with Crippen molar-refractivity contribution in [1.82, 2.24) is 4.40 Å². The van der Waals surface area contributed by atoms with Crippen LogP contribution in [0.3, 0.4) is 0 Å². The molecule has 6 aromatic rings. The van der Waals surface area contributed by atoms with Gasteiger partial charge in [0, 0.05) is 16.5 Å². The zero-order valence-electron chi connectivity index (χ0n) is 18.2. The van der Waals surface area contributed by atoms with Gasteiger partial charge < -0.3 is 14.6 Å². The molecular weight excluding hydrogens is 426 g/mol. The van der Waals surface area contributed by atoms with E-state index in [0.29, 0.717) is 0 Å². The standard InChI is InChI=1S/C29H19NO4/c1-16-8-9-19-14-23(17-4-2-6-20(12-17)28(31)32)25-10-11-26-24(15-22(16)27(19)30(25)26)18-5-3-7-21(13-18)29(33)34/h2-15H,1H3,(H,31,32)(H,33,34). The maximum atomic E-state index is 11.6. The van der Waals surface area contributed by atoms with Crippen LogP contribution >= 0.6 is 0 Å². The molecule has 2 N–H and O–H groups in total. The first-order chi connectivity index (χ1) is 16.4. The molecule has 0 amide bonds. The van der Waals surface area contributed by atoms with Crippen molar-refractivity contribution in [3.63, 3.8) is 0 Å². The van der Waals surface area contributed by atoms with E-state index in [1.165, 1.54) is 0 Å². The minimum absolute atomic E-state index is 0.241. The van der Waals surface area contributed by atoms with Gasteiger partial charge in [-0.25, -0.2) is 9.59 Å². The number of nitrogens with zero attached hydrogens (tertiary/aromatic N) is 1. The molecule has 0 spiro atoms. The summed E-state index contributed by atoms with van der Waals surface area (Å²) >= 11 is 0. The second-order valence-corrected chi connectivity index (χ2v) is 8.56. The van der Waals surface area contributed by atoms with Crippen molar-refractivity contribution in [2.45, 2.75) is 6.92 Å². The van der Waals surface area contributed by atoms with E-state index >= 15 is 0 Å². The van der Waals surface area contributed by atoms with Gasteiger partial charge in [-0.05, 0) is 77.5 Å². The van der Waals surface area contributed by atoms with Gasteiger partial charge >= 0.3 is 11.9 Å². The number of hydrogen-bond donors (Lipinski definition) is 2. The van der Waals surface area contributed by atoms with Crippen LogP contribution in [-0.2, 0) is 0 Å². The van der Waals surface area contributed by atoms with Crippen molar-refractivity contribution in [3.05, 3.63) is 102 Å². The number of aromatic nitrogens is 1. The first kappa shape index (κ1) is 20.0. The molecule has 0 aliphatic heterocycles. The lowest BCUT2D eigenvalue weighted by molar-refractivity contribution is 0.0686.